The summed E-state index contributed by atoms with van der Waals surface area (Å²) in [7, 11) is 1.43. The third-order valence-corrected chi connectivity index (χ3v) is 2.53. The van der Waals surface area contributed by atoms with E-state index < -0.39 is 12.1 Å². The van der Waals surface area contributed by atoms with Gasteiger partial charge in [0.15, 0.2) is 6.10 Å². The van der Waals surface area contributed by atoms with Crippen LogP contribution in [0.25, 0.3) is 0 Å². The van der Waals surface area contributed by atoms with Crippen molar-refractivity contribution in [1.29, 1.82) is 0 Å². The van der Waals surface area contributed by atoms with E-state index in [1.807, 2.05) is 13.8 Å². The van der Waals surface area contributed by atoms with Gasteiger partial charge in [-0.25, -0.2) is 4.79 Å². The van der Waals surface area contributed by atoms with Crippen molar-refractivity contribution in [3.63, 3.8) is 0 Å². The summed E-state index contributed by atoms with van der Waals surface area (Å²) in [5.74, 6) is -0.664. The molecule has 110 valence electrons. The Hall–Kier alpha value is -2.24. The molecule has 1 rings (SSSR count). The molecule has 1 amide bonds. The van der Waals surface area contributed by atoms with Gasteiger partial charge in [-0.15, -0.1) is 0 Å². The van der Waals surface area contributed by atoms with E-state index in [1.165, 1.54) is 26.2 Å². The maximum atomic E-state index is 12.0. The Morgan fingerprint density at radius 1 is 1.25 bits per heavy atom. The van der Waals surface area contributed by atoms with Gasteiger partial charge in [-0.1, -0.05) is 0 Å². The van der Waals surface area contributed by atoms with Crippen molar-refractivity contribution < 1.29 is 19.1 Å². The number of nitrogen functional groups attached to an aromatic ring is 1. The molecular weight excluding hydrogens is 260 g/mol. The number of amides is 1. The Morgan fingerprint density at radius 3 is 2.45 bits per heavy atom. The lowest BCUT2D eigenvalue weighted by atomic mass is 10.2. The lowest BCUT2D eigenvalue weighted by Crippen LogP contribution is -2.39. The molecule has 0 radical (unpaired) electrons. The van der Waals surface area contributed by atoms with Gasteiger partial charge in [0.25, 0.3) is 5.91 Å². The van der Waals surface area contributed by atoms with E-state index in [-0.39, 0.29) is 17.5 Å². The molecule has 0 saturated heterocycles. The highest BCUT2D eigenvalue weighted by Gasteiger charge is 2.21. The van der Waals surface area contributed by atoms with Crippen molar-refractivity contribution >= 4 is 17.6 Å². The van der Waals surface area contributed by atoms with Crippen LogP contribution in [0.4, 0.5) is 5.69 Å². The topological polar surface area (TPSA) is 90.7 Å². The molecule has 1 aromatic rings. The summed E-state index contributed by atoms with van der Waals surface area (Å²) in [4.78, 5) is 23.7. The van der Waals surface area contributed by atoms with Crippen LogP contribution in [0.1, 0.15) is 31.1 Å². The SMILES string of the molecule is COc1cc(N)ccc1C(=O)OC(C)C(=O)NC(C)C. The zero-order valence-electron chi connectivity index (χ0n) is 12.1. The zero-order valence-corrected chi connectivity index (χ0v) is 12.1. The summed E-state index contributed by atoms with van der Waals surface area (Å²) in [6.07, 6.45) is -0.882. The van der Waals surface area contributed by atoms with Crippen LogP contribution in [0.5, 0.6) is 5.75 Å². The van der Waals surface area contributed by atoms with E-state index in [0.717, 1.165) is 0 Å². The van der Waals surface area contributed by atoms with Crippen molar-refractivity contribution in [3.8, 4) is 5.75 Å². The minimum atomic E-state index is -0.882. The quantitative estimate of drug-likeness (QED) is 0.627. The minimum Gasteiger partial charge on any atom is -0.496 e. The molecule has 0 spiro atoms. The average Bonchev–Trinajstić information content (AvgIpc) is 2.37. The fourth-order valence-electron chi connectivity index (χ4n) is 1.56. The number of ether oxygens (including phenoxy) is 2. The Kier molecular flexibility index (Phi) is 5.37. The van der Waals surface area contributed by atoms with Crippen LogP contribution >= 0.6 is 0 Å². The van der Waals surface area contributed by atoms with Gasteiger partial charge < -0.3 is 20.5 Å². The number of carbonyl (C=O) groups is 2. The summed E-state index contributed by atoms with van der Waals surface area (Å²) in [5.41, 5.74) is 6.31. The van der Waals surface area contributed by atoms with Crippen LogP contribution in [0, 0.1) is 0 Å². The number of rotatable bonds is 5. The predicted molar refractivity (Wildman–Crippen MR) is 75.6 cm³/mol. The monoisotopic (exact) mass is 280 g/mol. The highest BCUT2D eigenvalue weighted by Crippen LogP contribution is 2.22. The Bertz CT molecular complexity index is 500. The number of anilines is 1. The van der Waals surface area contributed by atoms with E-state index in [0.29, 0.717) is 11.4 Å². The number of carbonyl (C=O) groups excluding carboxylic acids is 2. The van der Waals surface area contributed by atoms with E-state index in [1.54, 1.807) is 6.07 Å². The zero-order chi connectivity index (χ0) is 15.3. The van der Waals surface area contributed by atoms with Gasteiger partial charge in [0.1, 0.15) is 11.3 Å². The maximum absolute atomic E-state index is 12.0. The van der Waals surface area contributed by atoms with Gasteiger partial charge in [0.2, 0.25) is 0 Å². The molecule has 1 atom stereocenters. The first-order valence-electron chi connectivity index (χ1n) is 6.30. The lowest BCUT2D eigenvalue weighted by molar-refractivity contribution is -0.129. The van der Waals surface area contributed by atoms with Gasteiger partial charge in [-0.2, -0.15) is 0 Å². The molecule has 6 nitrogen and oxygen atoms in total. The van der Waals surface area contributed by atoms with E-state index in [4.69, 9.17) is 15.2 Å². The lowest BCUT2D eigenvalue weighted by Gasteiger charge is -2.16. The first kappa shape index (κ1) is 15.8. The second kappa shape index (κ2) is 6.79. The molecule has 1 aromatic carbocycles. The van der Waals surface area contributed by atoms with E-state index >= 15 is 0 Å². The Morgan fingerprint density at radius 2 is 1.90 bits per heavy atom. The standard InChI is InChI=1S/C14H20N2O4/c1-8(2)16-13(17)9(3)20-14(18)11-6-5-10(15)7-12(11)19-4/h5-9H,15H2,1-4H3,(H,16,17). The molecule has 0 bridgehead atoms. The van der Waals surface area contributed by atoms with E-state index in [2.05, 4.69) is 5.32 Å². The number of nitrogens with one attached hydrogen (secondary N) is 1. The largest absolute Gasteiger partial charge is 0.496 e. The van der Waals surface area contributed by atoms with Gasteiger partial charge in [0, 0.05) is 17.8 Å². The maximum Gasteiger partial charge on any atom is 0.342 e. The van der Waals surface area contributed by atoms with Crippen LogP contribution in [0.15, 0.2) is 18.2 Å². The Labute approximate surface area is 118 Å². The number of hydrogen-bond acceptors (Lipinski definition) is 5. The molecule has 20 heavy (non-hydrogen) atoms. The number of esters is 1. The van der Waals surface area contributed by atoms with Crippen LogP contribution < -0.4 is 15.8 Å². The molecule has 0 aliphatic heterocycles. The van der Waals surface area contributed by atoms with Gasteiger partial charge in [0.05, 0.1) is 7.11 Å². The molecule has 0 fully saturated rings. The van der Waals surface area contributed by atoms with Gasteiger partial charge in [-0.05, 0) is 32.9 Å². The molecule has 0 saturated carbocycles. The Balaban J connectivity index is 2.78. The summed E-state index contributed by atoms with van der Waals surface area (Å²) >= 11 is 0. The highest BCUT2D eigenvalue weighted by molar-refractivity contribution is 5.95. The van der Waals surface area contributed by atoms with Crippen molar-refractivity contribution in [2.24, 2.45) is 0 Å². The van der Waals surface area contributed by atoms with Crippen LogP contribution in [-0.4, -0.2) is 31.1 Å². The molecule has 0 aliphatic rings. The van der Waals surface area contributed by atoms with Crippen molar-refractivity contribution in [3.05, 3.63) is 23.8 Å². The van der Waals surface area contributed by atoms with Crippen LogP contribution in [-0.2, 0) is 9.53 Å². The molecule has 0 aliphatic carbocycles. The number of benzene rings is 1. The van der Waals surface area contributed by atoms with Crippen molar-refractivity contribution in [1.82, 2.24) is 5.32 Å². The predicted octanol–water partition coefficient (Wildman–Crippen LogP) is 1.35. The molecular formula is C14H20N2O4. The average molecular weight is 280 g/mol. The summed E-state index contributed by atoms with van der Waals surface area (Å²) in [5, 5.41) is 2.67. The van der Waals surface area contributed by atoms with Gasteiger partial charge in [-0.3, -0.25) is 4.79 Å². The van der Waals surface area contributed by atoms with Crippen molar-refractivity contribution in [2.75, 3.05) is 12.8 Å². The second-order valence-electron chi connectivity index (χ2n) is 4.67. The summed E-state index contributed by atoms with van der Waals surface area (Å²) < 4.78 is 10.2. The fourth-order valence-corrected chi connectivity index (χ4v) is 1.56. The molecule has 6 heteroatoms. The fraction of sp³-hybridized carbons (Fsp3) is 0.429. The van der Waals surface area contributed by atoms with Gasteiger partial charge >= 0.3 is 5.97 Å². The number of nitrogens with two attached hydrogens (primary N) is 1. The molecule has 0 aromatic heterocycles. The van der Waals surface area contributed by atoms with Crippen LogP contribution in [0.3, 0.4) is 0 Å². The smallest absolute Gasteiger partial charge is 0.342 e. The highest BCUT2D eigenvalue weighted by atomic mass is 16.5. The summed E-state index contributed by atoms with van der Waals surface area (Å²) in [6, 6.07) is 4.58. The minimum absolute atomic E-state index is 0.0188. The van der Waals surface area contributed by atoms with E-state index in [9.17, 15) is 9.59 Å². The molecule has 0 heterocycles. The summed E-state index contributed by atoms with van der Waals surface area (Å²) in [6.45, 7) is 5.17. The molecule has 3 N–H and O–H groups in total. The van der Waals surface area contributed by atoms with Crippen molar-refractivity contribution in [2.45, 2.75) is 32.9 Å². The number of methoxy groups -OCH3 is 1. The first-order chi connectivity index (χ1) is 9.35. The van der Waals surface area contributed by atoms with Crippen LogP contribution in [0.2, 0.25) is 0 Å². The second-order valence-corrected chi connectivity index (χ2v) is 4.67. The first-order valence-corrected chi connectivity index (χ1v) is 6.30. The third kappa shape index (κ3) is 4.15. The normalized spacial score (nSPS) is 11.8. The third-order valence-electron chi connectivity index (χ3n) is 2.53. The number of hydrogen-bond donors (Lipinski definition) is 2. The molecule has 1 unspecified atom stereocenters.